The van der Waals surface area contributed by atoms with Crippen LogP contribution in [0.4, 0.5) is 5.69 Å². The minimum absolute atomic E-state index is 0.0884. The van der Waals surface area contributed by atoms with Gasteiger partial charge < -0.3 is 9.73 Å². The van der Waals surface area contributed by atoms with Crippen LogP contribution in [0.3, 0.4) is 0 Å². The van der Waals surface area contributed by atoms with Gasteiger partial charge in [-0.2, -0.15) is 4.98 Å². The second kappa shape index (κ2) is 6.19. The van der Waals surface area contributed by atoms with Gasteiger partial charge in [-0.05, 0) is 37.6 Å². The van der Waals surface area contributed by atoms with Crippen molar-refractivity contribution in [1.82, 2.24) is 9.97 Å². The van der Waals surface area contributed by atoms with Crippen LogP contribution >= 0.6 is 11.8 Å². The fourth-order valence-electron chi connectivity index (χ4n) is 1.95. The number of oxazole rings is 1. The molecule has 1 amide bonds. The molecule has 1 atom stereocenters. The van der Waals surface area contributed by atoms with Gasteiger partial charge in [0, 0.05) is 11.9 Å². The highest BCUT2D eigenvalue weighted by Gasteiger charge is 2.18. The molecule has 0 saturated carbocycles. The summed E-state index contributed by atoms with van der Waals surface area (Å²) in [5.74, 6) is -0.0884. The number of fused-ring (bicyclic) bond motifs is 1. The van der Waals surface area contributed by atoms with Crippen LogP contribution in [0.15, 0.2) is 52.2 Å². The number of benzene rings is 1. The van der Waals surface area contributed by atoms with Crippen LogP contribution in [0.2, 0.25) is 0 Å². The Morgan fingerprint density at radius 1 is 1.27 bits per heavy atom. The van der Waals surface area contributed by atoms with Crippen LogP contribution < -0.4 is 5.32 Å². The quantitative estimate of drug-likeness (QED) is 0.745. The molecule has 0 aliphatic rings. The Bertz CT molecular complexity index is 783. The number of rotatable bonds is 4. The molecule has 1 aromatic carbocycles. The van der Waals surface area contributed by atoms with Crippen LogP contribution in [0, 0.1) is 6.92 Å². The van der Waals surface area contributed by atoms with E-state index in [-0.39, 0.29) is 11.2 Å². The lowest BCUT2D eigenvalue weighted by Crippen LogP contribution is -2.22. The average Bonchev–Trinajstić information content (AvgIpc) is 2.91. The van der Waals surface area contributed by atoms with Gasteiger partial charge in [0.2, 0.25) is 5.91 Å². The molecule has 0 fully saturated rings. The lowest BCUT2D eigenvalue weighted by molar-refractivity contribution is -0.115. The second-order valence-corrected chi connectivity index (χ2v) is 6.16. The Kier molecular flexibility index (Phi) is 4.11. The molecular weight excluding hydrogens is 298 g/mol. The highest BCUT2D eigenvalue weighted by atomic mass is 32.2. The molecule has 2 heterocycles. The van der Waals surface area contributed by atoms with Gasteiger partial charge in [0.1, 0.15) is 0 Å². The number of carbonyl (C=O) groups is 1. The predicted molar refractivity (Wildman–Crippen MR) is 86.9 cm³/mol. The molecule has 2 aromatic heterocycles. The molecule has 0 aliphatic carbocycles. The van der Waals surface area contributed by atoms with E-state index in [1.807, 2.05) is 38.1 Å². The predicted octanol–water partition coefficient (Wildman–Crippen LogP) is 3.65. The maximum Gasteiger partial charge on any atom is 0.259 e. The topological polar surface area (TPSA) is 68.0 Å². The van der Waals surface area contributed by atoms with E-state index >= 15 is 0 Å². The van der Waals surface area contributed by atoms with Crippen molar-refractivity contribution in [1.29, 1.82) is 0 Å². The molecular formula is C16H15N3O2S. The number of pyridine rings is 1. The average molecular weight is 313 g/mol. The molecule has 22 heavy (non-hydrogen) atoms. The van der Waals surface area contributed by atoms with Crippen molar-refractivity contribution in [3.8, 4) is 0 Å². The standard InChI is InChI=1S/C16H15N3O2S/c1-10-6-3-4-7-12(10)18-15(20)11(2)22-16-19-14-13(21-16)8-5-9-17-14/h3-9,11H,1-2H3,(H,18,20). The summed E-state index contributed by atoms with van der Waals surface area (Å²) in [6.07, 6.45) is 1.66. The number of nitrogens with one attached hydrogen (secondary N) is 1. The van der Waals surface area contributed by atoms with Gasteiger partial charge in [-0.3, -0.25) is 4.79 Å². The fraction of sp³-hybridized carbons (Fsp3) is 0.188. The summed E-state index contributed by atoms with van der Waals surface area (Å²) in [5, 5.41) is 3.04. The molecule has 0 bridgehead atoms. The SMILES string of the molecule is Cc1ccccc1NC(=O)C(C)Sc1nc2ncccc2o1. The summed E-state index contributed by atoms with van der Waals surface area (Å²) in [6, 6.07) is 11.3. The summed E-state index contributed by atoms with van der Waals surface area (Å²) in [5.41, 5.74) is 3.02. The largest absolute Gasteiger partial charge is 0.430 e. The highest BCUT2D eigenvalue weighted by Crippen LogP contribution is 2.26. The first-order valence-electron chi connectivity index (χ1n) is 6.88. The van der Waals surface area contributed by atoms with E-state index in [0.717, 1.165) is 11.3 Å². The molecule has 0 saturated heterocycles. The van der Waals surface area contributed by atoms with E-state index in [9.17, 15) is 4.79 Å². The van der Waals surface area contributed by atoms with E-state index in [1.165, 1.54) is 11.8 Å². The zero-order chi connectivity index (χ0) is 15.5. The van der Waals surface area contributed by atoms with Crippen molar-refractivity contribution < 1.29 is 9.21 Å². The smallest absolute Gasteiger partial charge is 0.259 e. The van der Waals surface area contributed by atoms with Crippen LogP contribution in [0.1, 0.15) is 12.5 Å². The number of hydrogen-bond donors (Lipinski definition) is 1. The summed E-state index contributed by atoms with van der Waals surface area (Å²) in [7, 11) is 0. The number of hydrogen-bond acceptors (Lipinski definition) is 5. The van der Waals surface area contributed by atoms with E-state index in [2.05, 4.69) is 15.3 Å². The molecule has 112 valence electrons. The van der Waals surface area contributed by atoms with Crippen molar-refractivity contribution in [2.24, 2.45) is 0 Å². The van der Waals surface area contributed by atoms with Crippen LogP contribution in [-0.4, -0.2) is 21.1 Å². The molecule has 6 heteroatoms. The third-order valence-electron chi connectivity index (χ3n) is 3.20. The summed E-state index contributed by atoms with van der Waals surface area (Å²) < 4.78 is 5.57. The number of nitrogens with zero attached hydrogens (tertiary/aromatic N) is 2. The van der Waals surface area contributed by atoms with E-state index in [4.69, 9.17) is 4.42 Å². The van der Waals surface area contributed by atoms with Gasteiger partial charge in [0.15, 0.2) is 11.2 Å². The van der Waals surface area contributed by atoms with Gasteiger partial charge in [0.25, 0.3) is 5.22 Å². The van der Waals surface area contributed by atoms with Crippen LogP contribution in [-0.2, 0) is 4.79 Å². The number of carbonyl (C=O) groups excluding carboxylic acids is 1. The Labute approximate surface area is 132 Å². The van der Waals surface area contributed by atoms with Gasteiger partial charge in [-0.15, -0.1) is 0 Å². The number of anilines is 1. The van der Waals surface area contributed by atoms with Crippen molar-refractivity contribution in [3.05, 3.63) is 48.2 Å². The molecule has 1 unspecified atom stereocenters. The van der Waals surface area contributed by atoms with E-state index in [0.29, 0.717) is 16.5 Å². The van der Waals surface area contributed by atoms with Gasteiger partial charge in [-0.1, -0.05) is 30.0 Å². The van der Waals surface area contributed by atoms with Crippen LogP contribution in [0.5, 0.6) is 0 Å². The maximum absolute atomic E-state index is 12.3. The van der Waals surface area contributed by atoms with Gasteiger partial charge >= 0.3 is 0 Å². The zero-order valence-electron chi connectivity index (χ0n) is 12.2. The number of para-hydroxylation sites is 1. The minimum Gasteiger partial charge on any atom is -0.430 e. The Morgan fingerprint density at radius 2 is 2.09 bits per heavy atom. The van der Waals surface area contributed by atoms with Gasteiger partial charge in [0.05, 0.1) is 5.25 Å². The lowest BCUT2D eigenvalue weighted by atomic mass is 10.2. The molecule has 0 aliphatic heterocycles. The zero-order valence-corrected chi connectivity index (χ0v) is 13.1. The second-order valence-electron chi connectivity index (χ2n) is 4.87. The minimum atomic E-state index is -0.326. The maximum atomic E-state index is 12.3. The van der Waals surface area contributed by atoms with Crippen molar-refractivity contribution in [2.75, 3.05) is 5.32 Å². The number of aryl methyl sites for hydroxylation is 1. The Hall–Kier alpha value is -2.34. The van der Waals surface area contributed by atoms with E-state index < -0.39 is 0 Å². The Balaban J connectivity index is 1.69. The fourth-order valence-corrected chi connectivity index (χ4v) is 2.70. The van der Waals surface area contributed by atoms with Gasteiger partial charge in [-0.25, -0.2) is 4.98 Å². The number of aromatic nitrogens is 2. The summed E-state index contributed by atoms with van der Waals surface area (Å²) >= 11 is 1.27. The summed E-state index contributed by atoms with van der Waals surface area (Å²) in [4.78, 5) is 20.6. The lowest BCUT2D eigenvalue weighted by Gasteiger charge is -2.11. The molecule has 0 spiro atoms. The first kappa shape index (κ1) is 14.6. The monoisotopic (exact) mass is 313 g/mol. The molecule has 0 radical (unpaired) electrons. The van der Waals surface area contributed by atoms with E-state index in [1.54, 1.807) is 18.3 Å². The summed E-state index contributed by atoms with van der Waals surface area (Å²) in [6.45, 7) is 3.78. The molecule has 3 aromatic rings. The first-order valence-corrected chi connectivity index (χ1v) is 7.76. The van der Waals surface area contributed by atoms with Crippen molar-refractivity contribution in [3.63, 3.8) is 0 Å². The molecule has 3 rings (SSSR count). The highest BCUT2D eigenvalue weighted by molar-refractivity contribution is 8.00. The number of amides is 1. The Morgan fingerprint density at radius 3 is 2.86 bits per heavy atom. The van der Waals surface area contributed by atoms with Crippen LogP contribution in [0.25, 0.3) is 11.2 Å². The third-order valence-corrected chi connectivity index (χ3v) is 4.14. The van der Waals surface area contributed by atoms with Crippen molar-refractivity contribution in [2.45, 2.75) is 24.3 Å². The normalized spacial score (nSPS) is 12.3. The van der Waals surface area contributed by atoms with Crippen molar-refractivity contribution >= 4 is 34.6 Å². The molecule has 1 N–H and O–H groups in total. The first-order chi connectivity index (χ1) is 10.6. The molecule has 5 nitrogen and oxygen atoms in total. The third kappa shape index (κ3) is 3.12. The number of thioether (sulfide) groups is 1.